The molecule has 124 valence electrons. The molecule has 0 fully saturated rings. The van der Waals surface area contributed by atoms with Gasteiger partial charge in [-0.2, -0.15) is 4.98 Å². The second kappa shape index (κ2) is 6.94. The number of rotatable bonds is 5. The highest BCUT2D eigenvalue weighted by Crippen LogP contribution is 2.25. The number of benzene rings is 2. The Hall–Kier alpha value is -2.86. The molecule has 5 nitrogen and oxygen atoms in total. The molecule has 25 heavy (non-hydrogen) atoms. The van der Waals surface area contributed by atoms with Crippen molar-refractivity contribution in [2.45, 2.75) is 6.54 Å². The molecule has 0 saturated heterocycles. The number of furan rings is 1. The van der Waals surface area contributed by atoms with Crippen LogP contribution >= 0.6 is 15.9 Å². The van der Waals surface area contributed by atoms with Crippen LogP contribution in [0.2, 0.25) is 0 Å². The van der Waals surface area contributed by atoms with Crippen LogP contribution in [0, 0.1) is 0 Å². The minimum absolute atomic E-state index is 0.541. The normalized spacial score (nSPS) is 10.8. The molecule has 0 aliphatic rings. The van der Waals surface area contributed by atoms with Crippen molar-refractivity contribution in [3.63, 3.8) is 0 Å². The number of anilines is 3. The van der Waals surface area contributed by atoms with E-state index in [1.807, 2.05) is 60.7 Å². The van der Waals surface area contributed by atoms with Crippen LogP contribution < -0.4 is 10.6 Å². The van der Waals surface area contributed by atoms with E-state index in [0.29, 0.717) is 12.5 Å². The third-order valence-corrected chi connectivity index (χ3v) is 4.19. The maximum Gasteiger partial charge on any atom is 0.229 e. The van der Waals surface area contributed by atoms with Crippen molar-refractivity contribution in [1.29, 1.82) is 0 Å². The van der Waals surface area contributed by atoms with E-state index >= 15 is 0 Å². The molecular formula is C19H15BrN4O. The van der Waals surface area contributed by atoms with Gasteiger partial charge in [-0.25, -0.2) is 4.98 Å². The molecule has 2 N–H and O–H groups in total. The van der Waals surface area contributed by atoms with Gasteiger partial charge >= 0.3 is 0 Å². The van der Waals surface area contributed by atoms with Crippen LogP contribution in [-0.4, -0.2) is 9.97 Å². The fraction of sp³-hybridized carbons (Fsp3) is 0.0526. The van der Waals surface area contributed by atoms with E-state index in [9.17, 15) is 0 Å². The molecule has 0 amide bonds. The van der Waals surface area contributed by atoms with Crippen molar-refractivity contribution in [3.8, 4) is 0 Å². The number of fused-ring (bicyclic) bond motifs is 1. The Balaban J connectivity index is 1.67. The highest BCUT2D eigenvalue weighted by molar-refractivity contribution is 9.10. The summed E-state index contributed by atoms with van der Waals surface area (Å²) in [5.74, 6) is 2.16. The van der Waals surface area contributed by atoms with Crippen LogP contribution in [-0.2, 0) is 6.54 Å². The lowest BCUT2D eigenvalue weighted by atomic mass is 10.2. The summed E-state index contributed by atoms with van der Waals surface area (Å²) in [7, 11) is 0. The fourth-order valence-electron chi connectivity index (χ4n) is 2.55. The van der Waals surface area contributed by atoms with E-state index in [2.05, 4.69) is 36.5 Å². The van der Waals surface area contributed by atoms with Gasteiger partial charge < -0.3 is 15.1 Å². The van der Waals surface area contributed by atoms with Gasteiger partial charge in [0.25, 0.3) is 0 Å². The van der Waals surface area contributed by atoms with Gasteiger partial charge in [0.05, 0.1) is 18.3 Å². The molecule has 0 unspecified atom stereocenters. The first-order chi connectivity index (χ1) is 12.3. The van der Waals surface area contributed by atoms with Gasteiger partial charge in [0.2, 0.25) is 5.95 Å². The Morgan fingerprint density at radius 2 is 1.88 bits per heavy atom. The largest absolute Gasteiger partial charge is 0.467 e. The van der Waals surface area contributed by atoms with Gasteiger partial charge in [0.1, 0.15) is 11.6 Å². The van der Waals surface area contributed by atoms with E-state index < -0.39 is 0 Å². The summed E-state index contributed by atoms with van der Waals surface area (Å²) in [6, 6.07) is 19.6. The minimum atomic E-state index is 0.541. The number of nitrogens with zero attached hydrogens (tertiary/aromatic N) is 2. The van der Waals surface area contributed by atoms with E-state index in [4.69, 9.17) is 4.42 Å². The molecule has 4 aromatic rings. The van der Waals surface area contributed by atoms with Gasteiger partial charge in [0, 0.05) is 15.5 Å². The molecular weight excluding hydrogens is 380 g/mol. The van der Waals surface area contributed by atoms with Crippen LogP contribution in [0.25, 0.3) is 10.9 Å². The summed E-state index contributed by atoms with van der Waals surface area (Å²) in [6.45, 7) is 0.560. The lowest BCUT2D eigenvalue weighted by Gasteiger charge is -2.11. The molecule has 2 heterocycles. The highest BCUT2D eigenvalue weighted by atomic mass is 79.9. The lowest BCUT2D eigenvalue weighted by Crippen LogP contribution is -2.05. The summed E-state index contributed by atoms with van der Waals surface area (Å²) in [5.41, 5.74) is 1.79. The van der Waals surface area contributed by atoms with Crippen molar-refractivity contribution >= 4 is 44.3 Å². The van der Waals surface area contributed by atoms with Crippen LogP contribution in [0.3, 0.4) is 0 Å². The van der Waals surface area contributed by atoms with E-state index in [1.54, 1.807) is 6.26 Å². The Bertz CT molecular complexity index is 1000. The Morgan fingerprint density at radius 3 is 2.72 bits per heavy atom. The molecule has 0 aliphatic heterocycles. The highest BCUT2D eigenvalue weighted by Gasteiger charge is 2.08. The van der Waals surface area contributed by atoms with Gasteiger partial charge in [0.15, 0.2) is 0 Å². The number of para-hydroxylation sites is 1. The van der Waals surface area contributed by atoms with Crippen LogP contribution in [0.1, 0.15) is 5.76 Å². The third-order valence-electron chi connectivity index (χ3n) is 3.69. The molecule has 2 aromatic heterocycles. The van der Waals surface area contributed by atoms with Gasteiger partial charge in [-0.05, 0) is 42.5 Å². The molecule has 0 bridgehead atoms. The van der Waals surface area contributed by atoms with Gasteiger partial charge in [-0.3, -0.25) is 0 Å². The topological polar surface area (TPSA) is 63.0 Å². The number of nitrogens with one attached hydrogen (secondary N) is 2. The maximum absolute atomic E-state index is 5.38. The molecule has 2 aromatic carbocycles. The zero-order valence-corrected chi connectivity index (χ0v) is 14.8. The summed E-state index contributed by atoms with van der Waals surface area (Å²) < 4.78 is 6.37. The lowest BCUT2D eigenvalue weighted by molar-refractivity contribution is 0.518. The molecule has 0 aliphatic carbocycles. The monoisotopic (exact) mass is 394 g/mol. The van der Waals surface area contributed by atoms with Crippen LogP contribution in [0.4, 0.5) is 17.5 Å². The van der Waals surface area contributed by atoms with Crippen LogP contribution in [0.5, 0.6) is 0 Å². The standard InChI is InChI=1S/C19H15BrN4O/c20-13-5-3-6-14(11-13)22-19-23-17-9-2-1-8-16(17)18(24-19)21-12-15-7-4-10-25-15/h1-11H,12H2,(H2,21,22,23,24). The van der Waals surface area contributed by atoms with Crippen molar-refractivity contribution in [2.75, 3.05) is 10.6 Å². The zero-order valence-electron chi connectivity index (χ0n) is 13.2. The van der Waals surface area contributed by atoms with Crippen molar-refractivity contribution in [2.24, 2.45) is 0 Å². The number of halogens is 1. The molecule has 0 saturated carbocycles. The first kappa shape index (κ1) is 15.7. The van der Waals surface area contributed by atoms with Gasteiger partial charge in [-0.1, -0.05) is 34.1 Å². The second-order valence-electron chi connectivity index (χ2n) is 5.48. The van der Waals surface area contributed by atoms with E-state index in [1.165, 1.54) is 0 Å². The molecule has 0 spiro atoms. The minimum Gasteiger partial charge on any atom is -0.467 e. The summed E-state index contributed by atoms with van der Waals surface area (Å²) in [4.78, 5) is 9.24. The van der Waals surface area contributed by atoms with Crippen molar-refractivity contribution < 1.29 is 4.42 Å². The predicted octanol–water partition coefficient (Wildman–Crippen LogP) is 5.34. The molecule has 0 radical (unpaired) electrons. The summed E-state index contributed by atoms with van der Waals surface area (Å²) in [6.07, 6.45) is 1.66. The average molecular weight is 395 g/mol. The quantitative estimate of drug-likeness (QED) is 0.478. The molecule has 6 heteroatoms. The first-order valence-corrected chi connectivity index (χ1v) is 8.63. The van der Waals surface area contributed by atoms with E-state index in [-0.39, 0.29) is 0 Å². The maximum atomic E-state index is 5.38. The summed E-state index contributed by atoms with van der Waals surface area (Å²) >= 11 is 3.47. The van der Waals surface area contributed by atoms with E-state index in [0.717, 1.165) is 32.6 Å². The smallest absolute Gasteiger partial charge is 0.229 e. The molecule has 0 atom stereocenters. The third kappa shape index (κ3) is 3.64. The fourth-order valence-corrected chi connectivity index (χ4v) is 2.95. The number of aromatic nitrogens is 2. The van der Waals surface area contributed by atoms with Crippen molar-refractivity contribution in [1.82, 2.24) is 9.97 Å². The number of hydrogen-bond donors (Lipinski definition) is 2. The van der Waals surface area contributed by atoms with Crippen molar-refractivity contribution in [3.05, 3.63) is 77.2 Å². The Labute approximate surface area is 153 Å². The Kier molecular flexibility index (Phi) is 4.35. The first-order valence-electron chi connectivity index (χ1n) is 7.83. The second-order valence-corrected chi connectivity index (χ2v) is 6.40. The van der Waals surface area contributed by atoms with Gasteiger partial charge in [-0.15, -0.1) is 0 Å². The Morgan fingerprint density at radius 1 is 0.960 bits per heavy atom. The summed E-state index contributed by atoms with van der Waals surface area (Å²) in [5, 5.41) is 7.55. The SMILES string of the molecule is Brc1cccc(Nc2nc(NCc3ccco3)c3ccccc3n2)c1. The van der Waals surface area contributed by atoms with Crippen LogP contribution in [0.15, 0.2) is 75.8 Å². The zero-order chi connectivity index (χ0) is 17.1. The number of hydrogen-bond acceptors (Lipinski definition) is 5. The average Bonchev–Trinajstić information content (AvgIpc) is 3.13. The predicted molar refractivity (Wildman–Crippen MR) is 103 cm³/mol. The molecule has 4 rings (SSSR count).